The molecule has 4 aromatic rings. The largest absolute Gasteiger partial charge is 0.279 e. The standard InChI is InChI=1S/C22H18N4OS/c1-16-10-12-18(13-11-16)28-21-19(15-23-25-17-7-3-2-4-8-17)22(27)26-14-6-5-9-20(26)24-21/h2-15,25H,1H3/b23-15+. The van der Waals surface area contributed by atoms with Gasteiger partial charge in [0.15, 0.2) is 0 Å². The number of nitrogens with one attached hydrogen (secondary N) is 1. The molecule has 0 saturated heterocycles. The number of aryl methyl sites for hydroxylation is 1. The second-order valence-corrected chi connectivity index (χ2v) is 7.28. The van der Waals surface area contributed by atoms with Crippen LogP contribution in [-0.4, -0.2) is 15.6 Å². The van der Waals surface area contributed by atoms with Gasteiger partial charge in [-0.25, -0.2) is 4.98 Å². The maximum Gasteiger partial charge on any atom is 0.267 e. The fourth-order valence-electron chi connectivity index (χ4n) is 2.67. The van der Waals surface area contributed by atoms with Crippen LogP contribution in [0.4, 0.5) is 5.69 Å². The monoisotopic (exact) mass is 386 g/mol. The maximum absolute atomic E-state index is 13.0. The fourth-order valence-corrected chi connectivity index (χ4v) is 3.56. The first-order valence-electron chi connectivity index (χ1n) is 8.81. The van der Waals surface area contributed by atoms with Crippen LogP contribution in [0.5, 0.6) is 0 Å². The topological polar surface area (TPSA) is 58.8 Å². The van der Waals surface area contributed by atoms with Crippen molar-refractivity contribution in [1.82, 2.24) is 9.38 Å². The van der Waals surface area contributed by atoms with Crippen molar-refractivity contribution in [2.45, 2.75) is 16.8 Å². The Morgan fingerprint density at radius 2 is 1.75 bits per heavy atom. The molecule has 138 valence electrons. The molecule has 0 spiro atoms. The summed E-state index contributed by atoms with van der Waals surface area (Å²) in [6, 6.07) is 23.2. The van der Waals surface area contributed by atoms with Crippen molar-refractivity contribution in [3.05, 3.63) is 100 Å². The van der Waals surface area contributed by atoms with E-state index in [9.17, 15) is 4.79 Å². The van der Waals surface area contributed by atoms with Crippen LogP contribution in [0.1, 0.15) is 11.1 Å². The summed E-state index contributed by atoms with van der Waals surface area (Å²) in [5.41, 5.74) is 5.88. The Morgan fingerprint density at radius 1 is 1.00 bits per heavy atom. The number of aromatic nitrogens is 2. The number of hydrogen-bond acceptors (Lipinski definition) is 5. The molecule has 0 aliphatic heterocycles. The third-order valence-electron chi connectivity index (χ3n) is 4.13. The van der Waals surface area contributed by atoms with Gasteiger partial charge in [0, 0.05) is 11.1 Å². The summed E-state index contributed by atoms with van der Waals surface area (Å²) >= 11 is 1.45. The minimum atomic E-state index is -0.154. The molecule has 0 radical (unpaired) electrons. The normalized spacial score (nSPS) is 11.2. The Labute approximate surface area is 166 Å². The summed E-state index contributed by atoms with van der Waals surface area (Å²) in [6.07, 6.45) is 3.26. The molecule has 2 aromatic carbocycles. The number of nitrogens with zero attached hydrogens (tertiary/aromatic N) is 3. The van der Waals surface area contributed by atoms with Crippen LogP contribution in [0.3, 0.4) is 0 Å². The molecule has 0 amide bonds. The van der Waals surface area contributed by atoms with Crippen LogP contribution in [-0.2, 0) is 0 Å². The minimum Gasteiger partial charge on any atom is -0.279 e. The zero-order valence-electron chi connectivity index (χ0n) is 15.2. The van der Waals surface area contributed by atoms with E-state index in [0.29, 0.717) is 16.2 Å². The molecule has 28 heavy (non-hydrogen) atoms. The second kappa shape index (κ2) is 8.10. The highest BCUT2D eigenvalue weighted by Gasteiger charge is 2.12. The molecule has 4 rings (SSSR count). The average molecular weight is 386 g/mol. The number of anilines is 1. The van der Waals surface area contributed by atoms with E-state index in [1.165, 1.54) is 27.9 Å². The van der Waals surface area contributed by atoms with Gasteiger partial charge in [0.1, 0.15) is 10.7 Å². The van der Waals surface area contributed by atoms with Crippen molar-refractivity contribution < 1.29 is 0 Å². The van der Waals surface area contributed by atoms with Crippen molar-refractivity contribution in [2.24, 2.45) is 5.10 Å². The Bertz CT molecular complexity index is 1180. The minimum absolute atomic E-state index is 0.154. The zero-order valence-corrected chi connectivity index (χ0v) is 16.1. The summed E-state index contributed by atoms with van der Waals surface area (Å²) in [7, 11) is 0. The van der Waals surface area contributed by atoms with Gasteiger partial charge in [-0.1, -0.05) is 53.7 Å². The number of fused-ring (bicyclic) bond motifs is 1. The lowest BCUT2D eigenvalue weighted by atomic mass is 10.2. The molecule has 2 heterocycles. The second-order valence-electron chi connectivity index (χ2n) is 6.22. The quantitative estimate of drug-likeness (QED) is 0.309. The van der Waals surface area contributed by atoms with Crippen molar-refractivity contribution in [1.29, 1.82) is 0 Å². The Morgan fingerprint density at radius 3 is 2.54 bits per heavy atom. The smallest absolute Gasteiger partial charge is 0.267 e. The molecule has 1 N–H and O–H groups in total. The zero-order chi connectivity index (χ0) is 19.3. The Balaban J connectivity index is 1.74. The molecule has 6 heteroatoms. The Hall–Kier alpha value is -3.38. The molecule has 0 saturated carbocycles. The van der Waals surface area contributed by atoms with Crippen LogP contribution in [0, 0.1) is 6.92 Å². The number of para-hydroxylation sites is 1. The molecule has 0 aliphatic carbocycles. The van der Waals surface area contributed by atoms with Gasteiger partial charge in [0.2, 0.25) is 0 Å². The van der Waals surface area contributed by atoms with E-state index in [1.807, 2.05) is 79.7 Å². The lowest BCUT2D eigenvalue weighted by Gasteiger charge is -2.08. The van der Waals surface area contributed by atoms with Crippen molar-refractivity contribution in [3.8, 4) is 0 Å². The fraction of sp³-hybridized carbons (Fsp3) is 0.0455. The number of pyridine rings is 1. The van der Waals surface area contributed by atoms with Gasteiger partial charge < -0.3 is 0 Å². The summed E-state index contributed by atoms with van der Waals surface area (Å²) in [5.74, 6) is 0. The first-order chi connectivity index (χ1) is 13.7. The van der Waals surface area contributed by atoms with Crippen LogP contribution < -0.4 is 11.0 Å². The highest BCUT2D eigenvalue weighted by Crippen LogP contribution is 2.27. The number of hydrazone groups is 1. The van der Waals surface area contributed by atoms with Crippen LogP contribution >= 0.6 is 11.8 Å². The first kappa shape index (κ1) is 18.0. The van der Waals surface area contributed by atoms with E-state index >= 15 is 0 Å². The lowest BCUT2D eigenvalue weighted by molar-refractivity contribution is 0.977. The molecule has 0 bridgehead atoms. The van der Waals surface area contributed by atoms with Crippen molar-refractivity contribution in [2.75, 3.05) is 5.43 Å². The van der Waals surface area contributed by atoms with Crippen molar-refractivity contribution >= 4 is 29.3 Å². The van der Waals surface area contributed by atoms with Gasteiger partial charge in [0.25, 0.3) is 5.56 Å². The van der Waals surface area contributed by atoms with Gasteiger partial charge in [-0.15, -0.1) is 0 Å². The molecule has 0 fully saturated rings. The van der Waals surface area contributed by atoms with Crippen molar-refractivity contribution in [3.63, 3.8) is 0 Å². The summed E-state index contributed by atoms with van der Waals surface area (Å²) in [4.78, 5) is 18.7. The van der Waals surface area contributed by atoms with E-state index in [0.717, 1.165) is 10.6 Å². The number of benzene rings is 2. The maximum atomic E-state index is 13.0. The van der Waals surface area contributed by atoms with Gasteiger partial charge >= 0.3 is 0 Å². The highest BCUT2D eigenvalue weighted by molar-refractivity contribution is 7.99. The van der Waals surface area contributed by atoms with Gasteiger partial charge in [-0.3, -0.25) is 14.6 Å². The van der Waals surface area contributed by atoms with Crippen LogP contribution in [0.15, 0.2) is 98.8 Å². The van der Waals surface area contributed by atoms with Gasteiger partial charge in [0.05, 0.1) is 17.5 Å². The summed E-state index contributed by atoms with van der Waals surface area (Å²) in [5, 5.41) is 4.88. The third-order valence-corrected chi connectivity index (χ3v) is 5.14. The van der Waals surface area contributed by atoms with E-state index in [1.54, 1.807) is 6.20 Å². The lowest BCUT2D eigenvalue weighted by Crippen LogP contribution is -2.21. The van der Waals surface area contributed by atoms with E-state index in [4.69, 9.17) is 0 Å². The molecule has 0 unspecified atom stereocenters. The third kappa shape index (κ3) is 3.97. The molecular formula is C22H18N4OS. The molecular weight excluding hydrogens is 368 g/mol. The van der Waals surface area contributed by atoms with Gasteiger partial charge in [-0.2, -0.15) is 5.10 Å². The average Bonchev–Trinajstić information content (AvgIpc) is 2.73. The van der Waals surface area contributed by atoms with Crippen LogP contribution in [0.2, 0.25) is 0 Å². The molecule has 5 nitrogen and oxygen atoms in total. The first-order valence-corrected chi connectivity index (χ1v) is 9.62. The molecule has 2 aromatic heterocycles. The predicted molar refractivity (Wildman–Crippen MR) is 114 cm³/mol. The number of hydrogen-bond donors (Lipinski definition) is 1. The SMILES string of the molecule is Cc1ccc(Sc2nc3ccccn3c(=O)c2/C=N/Nc2ccccc2)cc1. The van der Waals surface area contributed by atoms with E-state index in [-0.39, 0.29) is 5.56 Å². The molecule has 0 aliphatic rings. The highest BCUT2D eigenvalue weighted by atomic mass is 32.2. The predicted octanol–water partition coefficient (Wildman–Crippen LogP) is 4.60. The Kier molecular flexibility index (Phi) is 5.21. The number of rotatable bonds is 5. The van der Waals surface area contributed by atoms with Crippen LogP contribution in [0.25, 0.3) is 5.65 Å². The van der Waals surface area contributed by atoms with E-state index in [2.05, 4.69) is 15.5 Å². The van der Waals surface area contributed by atoms with Gasteiger partial charge in [-0.05, 0) is 43.3 Å². The summed E-state index contributed by atoms with van der Waals surface area (Å²) < 4.78 is 1.53. The molecule has 0 atom stereocenters. The van der Waals surface area contributed by atoms with E-state index < -0.39 is 0 Å². The summed E-state index contributed by atoms with van der Waals surface area (Å²) in [6.45, 7) is 2.04.